The quantitative estimate of drug-likeness (QED) is 0.767. The second-order valence-electron chi connectivity index (χ2n) is 5.61. The Balaban J connectivity index is 2.31. The van der Waals surface area contributed by atoms with Crippen LogP contribution < -0.4 is 5.32 Å². The highest BCUT2D eigenvalue weighted by Crippen LogP contribution is 2.29. The molecule has 84 valence electrons. The second kappa shape index (κ2) is 3.54. The summed E-state index contributed by atoms with van der Waals surface area (Å²) < 4.78 is 2.13. The summed E-state index contributed by atoms with van der Waals surface area (Å²) in [7, 11) is 0. The highest BCUT2D eigenvalue weighted by atomic mass is 15.3. The molecule has 0 saturated carbocycles. The molecule has 3 heteroatoms. The van der Waals surface area contributed by atoms with Crippen LogP contribution in [0.25, 0.3) is 0 Å². The Morgan fingerprint density at radius 2 is 2.20 bits per heavy atom. The van der Waals surface area contributed by atoms with E-state index in [1.54, 1.807) is 0 Å². The molecule has 0 radical (unpaired) electrons. The number of nitrogens with one attached hydrogen (secondary N) is 1. The maximum atomic E-state index is 4.66. The van der Waals surface area contributed by atoms with Crippen molar-refractivity contribution in [3.8, 4) is 0 Å². The molecule has 2 heterocycles. The summed E-state index contributed by atoms with van der Waals surface area (Å²) in [6.45, 7) is 11.1. The van der Waals surface area contributed by atoms with Gasteiger partial charge in [0.05, 0.1) is 5.69 Å². The van der Waals surface area contributed by atoms with Gasteiger partial charge in [-0.1, -0.05) is 27.7 Å². The van der Waals surface area contributed by atoms with Gasteiger partial charge < -0.3 is 5.32 Å². The third-order valence-corrected chi connectivity index (χ3v) is 3.08. The van der Waals surface area contributed by atoms with Gasteiger partial charge in [0.15, 0.2) is 0 Å². The first-order valence-electron chi connectivity index (χ1n) is 5.79. The van der Waals surface area contributed by atoms with Crippen molar-refractivity contribution in [1.82, 2.24) is 9.78 Å². The van der Waals surface area contributed by atoms with Gasteiger partial charge in [-0.2, -0.15) is 5.10 Å². The lowest BCUT2D eigenvalue weighted by Gasteiger charge is -2.21. The van der Waals surface area contributed by atoms with Gasteiger partial charge in [-0.15, -0.1) is 0 Å². The molecule has 2 rings (SSSR count). The number of aromatic nitrogens is 2. The van der Waals surface area contributed by atoms with Gasteiger partial charge in [0.2, 0.25) is 0 Å². The van der Waals surface area contributed by atoms with Gasteiger partial charge in [0, 0.05) is 19.2 Å². The van der Waals surface area contributed by atoms with Gasteiger partial charge in [0.25, 0.3) is 0 Å². The average Bonchev–Trinajstić information content (AvgIpc) is 2.42. The first kappa shape index (κ1) is 10.5. The molecule has 1 aromatic heterocycles. The number of hydrogen-bond acceptors (Lipinski definition) is 2. The molecule has 0 amide bonds. The van der Waals surface area contributed by atoms with E-state index in [0.717, 1.165) is 13.1 Å². The maximum absolute atomic E-state index is 4.66. The summed E-state index contributed by atoms with van der Waals surface area (Å²) >= 11 is 0. The largest absolute Gasteiger partial charge is 0.370 e. The monoisotopic (exact) mass is 207 g/mol. The molecule has 0 saturated heterocycles. The SMILES string of the molecule is CC(C)c1cc2n(n1)CC(C)(C)CCN2. The van der Waals surface area contributed by atoms with Gasteiger partial charge in [-0.25, -0.2) is 4.68 Å². The zero-order valence-corrected chi connectivity index (χ0v) is 10.2. The lowest BCUT2D eigenvalue weighted by molar-refractivity contribution is 0.287. The van der Waals surface area contributed by atoms with Crippen molar-refractivity contribution >= 4 is 5.82 Å². The molecule has 15 heavy (non-hydrogen) atoms. The molecular formula is C12H21N3. The Hall–Kier alpha value is -0.990. The Morgan fingerprint density at radius 1 is 1.47 bits per heavy atom. The highest BCUT2D eigenvalue weighted by molar-refractivity contribution is 5.38. The smallest absolute Gasteiger partial charge is 0.124 e. The van der Waals surface area contributed by atoms with Gasteiger partial charge in [-0.3, -0.25) is 0 Å². The number of nitrogens with zero attached hydrogens (tertiary/aromatic N) is 2. The molecule has 1 aromatic rings. The molecule has 0 bridgehead atoms. The van der Waals surface area contributed by atoms with Crippen molar-refractivity contribution in [2.24, 2.45) is 5.41 Å². The van der Waals surface area contributed by atoms with Crippen molar-refractivity contribution in [3.63, 3.8) is 0 Å². The van der Waals surface area contributed by atoms with E-state index in [2.05, 4.69) is 48.9 Å². The number of fused-ring (bicyclic) bond motifs is 1. The van der Waals surface area contributed by atoms with Crippen LogP contribution in [0.3, 0.4) is 0 Å². The van der Waals surface area contributed by atoms with Crippen LogP contribution in [0.15, 0.2) is 6.07 Å². The summed E-state index contributed by atoms with van der Waals surface area (Å²) in [4.78, 5) is 0. The summed E-state index contributed by atoms with van der Waals surface area (Å²) in [5.74, 6) is 1.69. The Kier molecular flexibility index (Phi) is 2.49. The minimum atomic E-state index is 0.346. The van der Waals surface area contributed by atoms with E-state index in [4.69, 9.17) is 0 Å². The van der Waals surface area contributed by atoms with Crippen LogP contribution in [0.2, 0.25) is 0 Å². The van der Waals surface area contributed by atoms with Gasteiger partial charge >= 0.3 is 0 Å². The average molecular weight is 207 g/mol. The predicted molar refractivity (Wildman–Crippen MR) is 63.2 cm³/mol. The first-order valence-corrected chi connectivity index (χ1v) is 5.79. The predicted octanol–water partition coefficient (Wildman–Crippen LogP) is 2.85. The topological polar surface area (TPSA) is 29.9 Å². The van der Waals surface area contributed by atoms with E-state index < -0.39 is 0 Å². The first-order chi connectivity index (χ1) is 6.98. The van der Waals surface area contributed by atoms with E-state index in [0.29, 0.717) is 11.3 Å². The van der Waals surface area contributed by atoms with E-state index in [1.165, 1.54) is 17.9 Å². The summed E-state index contributed by atoms with van der Waals surface area (Å²) in [5.41, 5.74) is 1.54. The molecule has 1 aliphatic heterocycles. The Bertz CT molecular complexity index is 350. The number of anilines is 1. The molecule has 0 aromatic carbocycles. The number of rotatable bonds is 1. The van der Waals surface area contributed by atoms with Crippen molar-refractivity contribution < 1.29 is 0 Å². The molecular weight excluding hydrogens is 186 g/mol. The van der Waals surface area contributed by atoms with Crippen molar-refractivity contribution in [2.45, 2.75) is 46.6 Å². The van der Waals surface area contributed by atoms with Crippen LogP contribution in [0.1, 0.15) is 45.7 Å². The molecule has 0 unspecified atom stereocenters. The Morgan fingerprint density at radius 3 is 2.87 bits per heavy atom. The fourth-order valence-corrected chi connectivity index (χ4v) is 2.00. The summed E-state index contributed by atoms with van der Waals surface area (Å²) in [5, 5.41) is 8.12. The van der Waals surface area contributed by atoms with Crippen LogP contribution in [0.5, 0.6) is 0 Å². The molecule has 0 fully saturated rings. The standard InChI is InChI=1S/C12H21N3/c1-9(2)10-7-11-13-6-5-12(3,4)8-15(11)14-10/h7,9,13H,5-6,8H2,1-4H3. The van der Waals surface area contributed by atoms with Crippen LogP contribution in [-0.4, -0.2) is 16.3 Å². The molecule has 1 aliphatic rings. The van der Waals surface area contributed by atoms with E-state index in [9.17, 15) is 0 Å². The fraction of sp³-hybridized carbons (Fsp3) is 0.750. The van der Waals surface area contributed by atoms with Gasteiger partial charge in [0.1, 0.15) is 5.82 Å². The molecule has 0 aliphatic carbocycles. The van der Waals surface area contributed by atoms with Gasteiger partial charge in [-0.05, 0) is 17.8 Å². The highest BCUT2D eigenvalue weighted by Gasteiger charge is 2.24. The van der Waals surface area contributed by atoms with Crippen LogP contribution in [-0.2, 0) is 6.54 Å². The molecule has 0 spiro atoms. The van der Waals surface area contributed by atoms with E-state index in [1.807, 2.05) is 0 Å². The van der Waals surface area contributed by atoms with Crippen LogP contribution in [0.4, 0.5) is 5.82 Å². The lowest BCUT2D eigenvalue weighted by atomic mass is 9.90. The number of hydrogen-bond donors (Lipinski definition) is 1. The second-order valence-corrected chi connectivity index (χ2v) is 5.61. The van der Waals surface area contributed by atoms with Crippen molar-refractivity contribution in [2.75, 3.05) is 11.9 Å². The fourth-order valence-electron chi connectivity index (χ4n) is 2.00. The minimum Gasteiger partial charge on any atom is -0.370 e. The van der Waals surface area contributed by atoms with Crippen molar-refractivity contribution in [3.05, 3.63) is 11.8 Å². The molecule has 3 nitrogen and oxygen atoms in total. The van der Waals surface area contributed by atoms with Crippen LogP contribution >= 0.6 is 0 Å². The maximum Gasteiger partial charge on any atom is 0.124 e. The third-order valence-electron chi connectivity index (χ3n) is 3.08. The zero-order chi connectivity index (χ0) is 11.1. The minimum absolute atomic E-state index is 0.346. The lowest BCUT2D eigenvalue weighted by Crippen LogP contribution is -2.19. The van der Waals surface area contributed by atoms with Crippen molar-refractivity contribution in [1.29, 1.82) is 0 Å². The Labute approximate surface area is 91.9 Å². The summed E-state index contributed by atoms with van der Waals surface area (Å²) in [6, 6.07) is 2.19. The zero-order valence-electron chi connectivity index (χ0n) is 10.2. The van der Waals surface area contributed by atoms with E-state index >= 15 is 0 Å². The third kappa shape index (κ3) is 2.16. The normalized spacial score (nSPS) is 19.5. The van der Waals surface area contributed by atoms with E-state index in [-0.39, 0.29) is 0 Å². The van der Waals surface area contributed by atoms with Crippen LogP contribution in [0, 0.1) is 5.41 Å². The molecule has 0 atom stereocenters. The summed E-state index contributed by atoms with van der Waals surface area (Å²) in [6.07, 6.45) is 1.20. The molecule has 1 N–H and O–H groups in total.